The minimum absolute atomic E-state index is 0.237. The minimum atomic E-state index is 0.237. The van der Waals surface area contributed by atoms with Gasteiger partial charge in [-0.15, -0.1) is 0 Å². The van der Waals surface area contributed by atoms with Crippen molar-refractivity contribution in [1.29, 1.82) is 0 Å². The van der Waals surface area contributed by atoms with E-state index < -0.39 is 0 Å². The molecule has 0 aromatic rings. The SMILES string of the molecule is CN(C(=O)[C@@H]1CCCNC1)C1CCCCC1. The molecule has 1 N–H and O–H groups in total. The predicted octanol–water partition coefficient (Wildman–Crippen LogP) is 1.78. The molecule has 0 spiro atoms. The smallest absolute Gasteiger partial charge is 0.226 e. The van der Waals surface area contributed by atoms with Crippen LogP contribution in [0.25, 0.3) is 0 Å². The largest absolute Gasteiger partial charge is 0.342 e. The molecular weight excluding hydrogens is 200 g/mol. The fraction of sp³-hybridized carbons (Fsp3) is 0.923. The Balaban J connectivity index is 1.86. The lowest BCUT2D eigenvalue weighted by Gasteiger charge is -2.34. The number of hydrogen-bond acceptors (Lipinski definition) is 2. The molecule has 3 nitrogen and oxygen atoms in total. The lowest BCUT2D eigenvalue weighted by molar-refractivity contribution is -0.137. The summed E-state index contributed by atoms with van der Waals surface area (Å²) in [6, 6.07) is 0.517. The standard InChI is InChI=1S/C13H24N2O/c1-15(12-7-3-2-4-8-12)13(16)11-6-5-9-14-10-11/h11-12,14H,2-10H2,1H3/t11-/m1/s1. The molecule has 0 aromatic carbocycles. The van der Waals surface area contributed by atoms with Crippen LogP contribution in [0.5, 0.6) is 0 Å². The maximum atomic E-state index is 12.3. The summed E-state index contributed by atoms with van der Waals surface area (Å²) in [4.78, 5) is 14.3. The van der Waals surface area contributed by atoms with Gasteiger partial charge in [0.05, 0.1) is 5.92 Å². The second kappa shape index (κ2) is 5.67. The lowest BCUT2D eigenvalue weighted by atomic mass is 9.92. The summed E-state index contributed by atoms with van der Waals surface area (Å²) < 4.78 is 0. The van der Waals surface area contributed by atoms with Gasteiger partial charge in [0, 0.05) is 19.6 Å². The minimum Gasteiger partial charge on any atom is -0.342 e. The molecule has 1 saturated heterocycles. The van der Waals surface area contributed by atoms with E-state index >= 15 is 0 Å². The first-order valence-corrected chi connectivity index (χ1v) is 6.76. The Bertz CT molecular complexity index is 230. The van der Waals surface area contributed by atoms with Crippen LogP contribution in [0.1, 0.15) is 44.9 Å². The van der Waals surface area contributed by atoms with Gasteiger partial charge >= 0.3 is 0 Å². The van der Waals surface area contributed by atoms with Crippen molar-refractivity contribution in [2.75, 3.05) is 20.1 Å². The zero-order valence-corrected chi connectivity index (χ0v) is 10.4. The molecular formula is C13H24N2O. The van der Waals surface area contributed by atoms with Gasteiger partial charge in [-0.1, -0.05) is 19.3 Å². The van der Waals surface area contributed by atoms with E-state index in [1.165, 1.54) is 32.1 Å². The highest BCUT2D eigenvalue weighted by Gasteiger charge is 2.28. The first kappa shape index (κ1) is 11.9. The quantitative estimate of drug-likeness (QED) is 0.775. The van der Waals surface area contributed by atoms with Crippen LogP contribution in [-0.4, -0.2) is 37.0 Å². The Morgan fingerprint density at radius 1 is 1.12 bits per heavy atom. The van der Waals surface area contributed by atoms with E-state index in [4.69, 9.17) is 0 Å². The van der Waals surface area contributed by atoms with Gasteiger partial charge in [0.25, 0.3) is 0 Å². The second-order valence-electron chi connectivity index (χ2n) is 5.28. The summed E-state index contributed by atoms with van der Waals surface area (Å²) in [6.07, 6.45) is 8.59. The number of rotatable bonds is 2. The highest BCUT2D eigenvalue weighted by Crippen LogP contribution is 2.23. The molecule has 2 fully saturated rings. The normalized spacial score (nSPS) is 27.7. The molecule has 0 bridgehead atoms. The number of nitrogens with one attached hydrogen (secondary N) is 1. The number of amides is 1. The Kier molecular flexibility index (Phi) is 4.22. The van der Waals surface area contributed by atoms with E-state index in [9.17, 15) is 4.79 Å². The van der Waals surface area contributed by atoms with Crippen LogP contribution in [0.2, 0.25) is 0 Å². The van der Waals surface area contributed by atoms with Crippen LogP contribution in [-0.2, 0) is 4.79 Å². The zero-order valence-electron chi connectivity index (χ0n) is 10.4. The first-order valence-electron chi connectivity index (χ1n) is 6.76. The molecule has 16 heavy (non-hydrogen) atoms. The molecule has 1 amide bonds. The maximum Gasteiger partial charge on any atom is 0.226 e. The van der Waals surface area contributed by atoms with E-state index in [2.05, 4.69) is 5.32 Å². The topological polar surface area (TPSA) is 32.3 Å². The molecule has 0 unspecified atom stereocenters. The highest BCUT2D eigenvalue weighted by atomic mass is 16.2. The molecule has 1 heterocycles. The molecule has 92 valence electrons. The molecule has 1 saturated carbocycles. The third kappa shape index (κ3) is 2.76. The van der Waals surface area contributed by atoms with Crippen molar-refractivity contribution in [2.24, 2.45) is 5.92 Å². The molecule has 1 atom stereocenters. The van der Waals surface area contributed by atoms with Crippen molar-refractivity contribution in [2.45, 2.75) is 51.0 Å². The van der Waals surface area contributed by atoms with E-state index in [-0.39, 0.29) is 5.92 Å². The molecule has 0 radical (unpaired) electrons. The van der Waals surface area contributed by atoms with E-state index in [0.29, 0.717) is 11.9 Å². The Morgan fingerprint density at radius 3 is 2.50 bits per heavy atom. The van der Waals surface area contributed by atoms with Gasteiger partial charge in [-0.05, 0) is 32.2 Å². The third-order valence-electron chi connectivity index (χ3n) is 4.12. The fourth-order valence-electron chi connectivity index (χ4n) is 3.00. The highest BCUT2D eigenvalue weighted by molar-refractivity contribution is 5.79. The van der Waals surface area contributed by atoms with Gasteiger partial charge in [-0.2, -0.15) is 0 Å². The summed E-state index contributed by atoms with van der Waals surface area (Å²) in [5.74, 6) is 0.611. The number of piperidine rings is 1. The van der Waals surface area contributed by atoms with Crippen LogP contribution in [0.15, 0.2) is 0 Å². The molecule has 0 aromatic heterocycles. The Hall–Kier alpha value is -0.570. The Labute approximate surface area is 98.6 Å². The maximum absolute atomic E-state index is 12.3. The molecule has 1 aliphatic carbocycles. The van der Waals surface area contributed by atoms with Crippen molar-refractivity contribution in [3.8, 4) is 0 Å². The first-order chi connectivity index (χ1) is 7.79. The van der Waals surface area contributed by atoms with Gasteiger partial charge in [-0.25, -0.2) is 0 Å². The average Bonchev–Trinajstić information content (AvgIpc) is 2.39. The molecule has 2 aliphatic rings. The number of carbonyl (C=O) groups excluding carboxylic acids is 1. The van der Waals surface area contributed by atoms with Crippen molar-refractivity contribution in [3.05, 3.63) is 0 Å². The van der Waals surface area contributed by atoms with Crippen molar-refractivity contribution in [1.82, 2.24) is 10.2 Å². The van der Waals surface area contributed by atoms with E-state index in [1.54, 1.807) is 0 Å². The summed E-state index contributed by atoms with van der Waals surface area (Å²) in [5, 5.41) is 3.33. The van der Waals surface area contributed by atoms with Crippen LogP contribution < -0.4 is 5.32 Å². The van der Waals surface area contributed by atoms with Crippen molar-refractivity contribution >= 4 is 5.91 Å². The van der Waals surface area contributed by atoms with Gasteiger partial charge in [-0.3, -0.25) is 4.79 Å². The summed E-state index contributed by atoms with van der Waals surface area (Å²) >= 11 is 0. The zero-order chi connectivity index (χ0) is 11.4. The number of nitrogens with zero attached hydrogens (tertiary/aromatic N) is 1. The van der Waals surface area contributed by atoms with Crippen molar-refractivity contribution < 1.29 is 4.79 Å². The fourth-order valence-corrected chi connectivity index (χ4v) is 3.00. The number of carbonyl (C=O) groups is 1. The third-order valence-corrected chi connectivity index (χ3v) is 4.12. The molecule has 3 heteroatoms. The monoisotopic (exact) mass is 224 g/mol. The van der Waals surface area contributed by atoms with E-state index in [0.717, 1.165) is 25.9 Å². The Morgan fingerprint density at radius 2 is 1.88 bits per heavy atom. The van der Waals surface area contributed by atoms with Crippen LogP contribution in [0.3, 0.4) is 0 Å². The second-order valence-corrected chi connectivity index (χ2v) is 5.28. The predicted molar refractivity (Wildman–Crippen MR) is 65.2 cm³/mol. The summed E-state index contributed by atoms with van der Waals surface area (Å²) in [6.45, 7) is 1.97. The van der Waals surface area contributed by atoms with Gasteiger partial charge in [0.2, 0.25) is 5.91 Å². The molecule has 2 rings (SSSR count). The van der Waals surface area contributed by atoms with E-state index in [1.807, 2.05) is 11.9 Å². The summed E-state index contributed by atoms with van der Waals surface area (Å²) in [7, 11) is 2.01. The summed E-state index contributed by atoms with van der Waals surface area (Å²) in [5.41, 5.74) is 0. The van der Waals surface area contributed by atoms with Crippen LogP contribution in [0.4, 0.5) is 0 Å². The molecule has 1 aliphatic heterocycles. The van der Waals surface area contributed by atoms with Crippen LogP contribution >= 0.6 is 0 Å². The van der Waals surface area contributed by atoms with Gasteiger partial charge in [0.1, 0.15) is 0 Å². The number of hydrogen-bond donors (Lipinski definition) is 1. The lowest BCUT2D eigenvalue weighted by Crippen LogP contribution is -2.46. The van der Waals surface area contributed by atoms with Crippen molar-refractivity contribution in [3.63, 3.8) is 0 Å². The van der Waals surface area contributed by atoms with Crippen LogP contribution in [0, 0.1) is 5.92 Å². The van der Waals surface area contributed by atoms with Gasteiger partial charge < -0.3 is 10.2 Å². The van der Waals surface area contributed by atoms with Gasteiger partial charge in [0.15, 0.2) is 0 Å². The average molecular weight is 224 g/mol.